The summed E-state index contributed by atoms with van der Waals surface area (Å²) >= 11 is 0. The zero-order valence-electron chi connectivity index (χ0n) is 15.4. The largest absolute Gasteiger partial charge is 0.349 e. The van der Waals surface area contributed by atoms with Crippen LogP contribution in [-0.2, 0) is 0 Å². The quantitative estimate of drug-likeness (QED) is 0.710. The van der Waals surface area contributed by atoms with Crippen molar-refractivity contribution in [3.63, 3.8) is 0 Å². The Bertz CT molecular complexity index is 971. The van der Waals surface area contributed by atoms with E-state index in [4.69, 9.17) is 4.98 Å². The average molecular weight is 344 g/mol. The lowest BCUT2D eigenvalue weighted by atomic mass is 9.99. The fourth-order valence-corrected chi connectivity index (χ4v) is 3.85. The first-order valence-corrected chi connectivity index (χ1v) is 9.40. The monoisotopic (exact) mass is 344 g/mol. The van der Waals surface area contributed by atoms with E-state index in [0.717, 1.165) is 40.6 Å². The molecule has 1 N–H and O–H groups in total. The molecule has 1 amide bonds. The Morgan fingerprint density at radius 1 is 1.04 bits per heavy atom. The molecule has 1 fully saturated rings. The number of amides is 1. The third-order valence-corrected chi connectivity index (χ3v) is 5.32. The highest BCUT2D eigenvalue weighted by Crippen LogP contribution is 2.28. The number of benzene rings is 2. The summed E-state index contributed by atoms with van der Waals surface area (Å²) in [4.78, 5) is 17.9. The van der Waals surface area contributed by atoms with Crippen LogP contribution in [0.5, 0.6) is 0 Å². The van der Waals surface area contributed by atoms with Crippen LogP contribution in [-0.4, -0.2) is 16.9 Å². The molecule has 132 valence electrons. The molecule has 1 heterocycles. The number of aromatic nitrogens is 1. The Kier molecular flexibility index (Phi) is 4.46. The molecular formula is C23H24N2O. The Balaban J connectivity index is 1.83. The summed E-state index contributed by atoms with van der Waals surface area (Å²) in [6.45, 7) is 4.17. The van der Waals surface area contributed by atoms with Gasteiger partial charge in [0, 0.05) is 17.0 Å². The summed E-state index contributed by atoms with van der Waals surface area (Å²) in [5, 5.41) is 4.14. The maximum absolute atomic E-state index is 13.0. The molecular weight excluding hydrogens is 320 g/mol. The molecule has 0 saturated heterocycles. The molecule has 0 unspecified atom stereocenters. The Hall–Kier alpha value is -2.68. The van der Waals surface area contributed by atoms with Crippen LogP contribution in [0.4, 0.5) is 0 Å². The van der Waals surface area contributed by atoms with Gasteiger partial charge in [-0.3, -0.25) is 4.79 Å². The van der Waals surface area contributed by atoms with Crippen molar-refractivity contribution in [2.45, 2.75) is 45.6 Å². The van der Waals surface area contributed by atoms with Crippen molar-refractivity contribution < 1.29 is 4.79 Å². The fourth-order valence-electron chi connectivity index (χ4n) is 3.85. The summed E-state index contributed by atoms with van der Waals surface area (Å²) in [6, 6.07) is 16.5. The van der Waals surface area contributed by atoms with Gasteiger partial charge in [-0.1, -0.05) is 48.7 Å². The number of nitrogens with zero attached hydrogens (tertiary/aromatic N) is 1. The van der Waals surface area contributed by atoms with E-state index >= 15 is 0 Å². The Labute approximate surface area is 154 Å². The molecule has 3 heteroatoms. The number of rotatable bonds is 3. The standard InChI is InChI=1S/C23H24N2O/c1-15-11-12-16(2)19(13-15)22-14-20(18-9-5-6-10-21(18)25-22)23(26)24-17-7-3-4-8-17/h5-6,9-14,17H,3-4,7-8H2,1-2H3,(H,24,26). The van der Waals surface area contributed by atoms with Gasteiger partial charge >= 0.3 is 0 Å². The van der Waals surface area contributed by atoms with Crippen LogP contribution >= 0.6 is 0 Å². The van der Waals surface area contributed by atoms with Crippen molar-refractivity contribution in [2.75, 3.05) is 0 Å². The van der Waals surface area contributed by atoms with Crippen LogP contribution < -0.4 is 5.32 Å². The molecule has 0 spiro atoms. The maximum atomic E-state index is 13.0. The minimum Gasteiger partial charge on any atom is -0.349 e. The molecule has 4 rings (SSSR count). The zero-order chi connectivity index (χ0) is 18.1. The molecule has 1 aliphatic rings. The minimum absolute atomic E-state index is 0.0158. The van der Waals surface area contributed by atoms with Crippen LogP contribution in [0.2, 0.25) is 0 Å². The topological polar surface area (TPSA) is 42.0 Å². The summed E-state index contributed by atoms with van der Waals surface area (Å²) in [5.74, 6) is 0.0158. The van der Waals surface area contributed by atoms with E-state index in [2.05, 4.69) is 37.4 Å². The maximum Gasteiger partial charge on any atom is 0.252 e. The predicted octanol–water partition coefficient (Wildman–Crippen LogP) is 5.19. The molecule has 0 aliphatic heterocycles. The normalized spacial score (nSPS) is 14.7. The van der Waals surface area contributed by atoms with Gasteiger partial charge in [0.15, 0.2) is 0 Å². The van der Waals surface area contributed by atoms with Gasteiger partial charge in [-0.25, -0.2) is 4.98 Å². The number of pyridine rings is 1. The smallest absolute Gasteiger partial charge is 0.252 e. The molecule has 3 nitrogen and oxygen atoms in total. The van der Waals surface area contributed by atoms with Crippen molar-refractivity contribution in [3.8, 4) is 11.3 Å². The Morgan fingerprint density at radius 3 is 2.62 bits per heavy atom. The van der Waals surface area contributed by atoms with Crippen LogP contribution in [0.25, 0.3) is 22.2 Å². The van der Waals surface area contributed by atoms with Gasteiger partial charge in [0.2, 0.25) is 0 Å². The van der Waals surface area contributed by atoms with E-state index in [9.17, 15) is 4.79 Å². The van der Waals surface area contributed by atoms with Crippen LogP contribution in [0.15, 0.2) is 48.5 Å². The average Bonchev–Trinajstić information content (AvgIpc) is 3.15. The summed E-state index contributed by atoms with van der Waals surface area (Å²) in [6.07, 6.45) is 4.57. The van der Waals surface area contributed by atoms with Crippen molar-refractivity contribution in [1.29, 1.82) is 0 Å². The second-order valence-corrected chi connectivity index (χ2v) is 7.35. The van der Waals surface area contributed by atoms with Crippen LogP contribution in [0.1, 0.15) is 47.2 Å². The van der Waals surface area contributed by atoms with E-state index in [-0.39, 0.29) is 5.91 Å². The SMILES string of the molecule is Cc1ccc(C)c(-c2cc(C(=O)NC3CCCC3)c3ccccc3n2)c1. The molecule has 0 atom stereocenters. The van der Waals surface area contributed by atoms with Gasteiger partial charge in [0.25, 0.3) is 5.91 Å². The lowest BCUT2D eigenvalue weighted by Gasteiger charge is -2.15. The number of aryl methyl sites for hydroxylation is 2. The summed E-state index contributed by atoms with van der Waals surface area (Å²) < 4.78 is 0. The number of nitrogens with one attached hydrogen (secondary N) is 1. The molecule has 3 aromatic rings. The fraction of sp³-hybridized carbons (Fsp3) is 0.304. The number of carbonyl (C=O) groups is 1. The van der Waals surface area contributed by atoms with Gasteiger partial charge in [-0.2, -0.15) is 0 Å². The molecule has 1 aromatic heterocycles. The predicted molar refractivity (Wildman–Crippen MR) is 106 cm³/mol. The number of carbonyl (C=O) groups excluding carboxylic acids is 1. The number of fused-ring (bicyclic) bond motifs is 1. The number of hydrogen-bond acceptors (Lipinski definition) is 2. The highest BCUT2D eigenvalue weighted by molar-refractivity contribution is 6.07. The first kappa shape index (κ1) is 16.8. The molecule has 0 radical (unpaired) electrons. The zero-order valence-corrected chi connectivity index (χ0v) is 15.4. The van der Waals surface area contributed by atoms with Crippen molar-refractivity contribution >= 4 is 16.8 Å². The third kappa shape index (κ3) is 3.22. The molecule has 1 aliphatic carbocycles. The molecule has 1 saturated carbocycles. The van der Waals surface area contributed by atoms with Gasteiger partial charge in [0.05, 0.1) is 16.8 Å². The van der Waals surface area contributed by atoms with Crippen LogP contribution in [0, 0.1) is 13.8 Å². The highest BCUT2D eigenvalue weighted by Gasteiger charge is 2.20. The second-order valence-electron chi connectivity index (χ2n) is 7.35. The van der Waals surface area contributed by atoms with Crippen molar-refractivity contribution in [3.05, 3.63) is 65.2 Å². The first-order valence-electron chi connectivity index (χ1n) is 9.40. The van der Waals surface area contributed by atoms with Gasteiger partial charge in [-0.15, -0.1) is 0 Å². The highest BCUT2D eigenvalue weighted by atomic mass is 16.1. The van der Waals surface area contributed by atoms with Gasteiger partial charge in [0.1, 0.15) is 0 Å². The van der Waals surface area contributed by atoms with Crippen LogP contribution in [0.3, 0.4) is 0 Å². The van der Waals surface area contributed by atoms with E-state index in [1.807, 2.05) is 30.3 Å². The van der Waals surface area contributed by atoms with Crippen molar-refractivity contribution in [1.82, 2.24) is 10.3 Å². The summed E-state index contributed by atoms with van der Waals surface area (Å²) in [5.41, 5.74) is 5.89. The van der Waals surface area contributed by atoms with Gasteiger partial charge < -0.3 is 5.32 Å². The van der Waals surface area contributed by atoms with Crippen molar-refractivity contribution in [2.24, 2.45) is 0 Å². The van der Waals surface area contributed by atoms with Gasteiger partial charge in [-0.05, 0) is 50.5 Å². The third-order valence-electron chi connectivity index (χ3n) is 5.32. The number of para-hydroxylation sites is 1. The second kappa shape index (κ2) is 6.91. The molecule has 0 bridgehead atoms. The van der Waals surface area contributed by atoms with E-state index in [1.54, 1.807) is 0 Å². The Morgan fingerprint density at radius 2 is 1.81 bits per heavy atom. The lowest BCUT2D eigenvalue weighted by molar-refractivity contribution is 0.0939. The minimum atomic E-state index is 0.0158. The van der Waals surface area contributed by atoms with E-state index in [1.165, 1.54) is 24.0 Å². The number of hydrogen-bond donors (Lipinski definition) is 1. The molecule has 26 heavy (non-hydrogen) atoms. The van der Waals surface area contributed by atoms with E-state index in [0.29, 0.717) is 6.04 Å². The molecule has 2 aromatic carbocycles. The lowest BCUT2D eigenvalue weighted by Crippen LogP contribution is -2.32. The summed E-state index contributed by atoms with van der Waals surface area (Å²) in [7, 11) is 0. The van der Waals surface area contributed by atoms with E-state index < -0.39 is 0 Å². The first-order chi connectivity index (χ1) is 12.6.